The van der Waals surface area contributed by atoms with Gasteiger partial charge in [-0.15, -0.1) is 11.8 Å². The van der Waals surface area contributed by atoms with Gasteiger partial charge < -0.3 is 0 Å². The van der Waals surface area contributed by atoms with Gasteiger partial charge in [-0.1, -0.05) is 26.8 Å². The maximum Gasteiger partial charge on any atom is 0.284 e. The van der Waals surface area contributed by atoms with E-state index in [1.807, 2.05) is 26.8 Å². The average Bonchev–Trinajstić information content (AvgIpc) is 2.15. The third kappa shape index (κ3) is 2.97. The predicted octanol–water partition coefficient (Wildman–Crippen LogP) is 3.36. The van der Waals surface area contributed by atoms with Crippen molar-refractivity contribution in [1.82, 2.24) is 0 Å². The summed E-state index contributed by atoms with van der Waals surface area (Å²) >= 11 is 1.34. The zero-order chi connectivity index (χ0) is 12.3. The van der Waals surface area contributed by atoms with E-state index in [9.17, 15) is 10.1 Å². The number of thioether (sulfide) groups is 1. The Morgan fingerprint density at radius 3 is 2.50 bits per heavy atom. The summed E-state index contributed by atoms with van der Waals surface area (Å²) in [4.78, 5) is 10.9. The van der Waals surface area contributed by atoms with Crippen LogP contribution in [-0.4, -0.2) is 9.67 Å². The number of benzene rings is 1. The molecule has 0 unspecified atom stereocenters. The lowest BCUT2D eigenvalue weighted by atomic mass is 10.2. The fraction of sp³-hybridized carbons (Fsp3) is 0.364. The first-order chi connectivity index (χ1) is 7.35. The highest BCUT2D eigenvalue weighted by Gasteiger charge is 2.23. The molecule has 5 heteroatoms. The molecule has 1 aromatic rings. The van der Waals surface area contributed by atoms with Crippen LogP contribution in [0.1, 0.15) is 26.3 Å². The number of nitro groups is 1. The molecule has 0 amide bonds. The quantitative estimate of drug-likeness (QED) is 0.448. The van der Waals surface area contributed by atoms with E-state index in [1.165, 1.54) is 23.9 Å². The maximum atomic E-state index is 10.9. The lowest BCUT2D eigenvalue weighted by molar-refractivity contribution is -0.387. The number of hydrogen-bond donors (Lipinski definition) is 0. The van der Waals surface area contributed by atoms with Gasteiger partial charge >= 0.3 is 0 Å². The van der Waals surface area contributed by atoms with Crippen LogP contribution in [0.5, 0.6) is 0 Å². The molecular weight excluding hydrogens is 224 g/mol. The number of nitriles is 1. The van der Waals surface area contributed by atoms with Crippen LogP contribution in [-0.2, 0) is 0 Å². The molecule has 0 aliphatic carbocycles. The first kappa shape index (κ1) is 12.5. The van der Waals surface area contributed by atoms with Crippen LogP contribution >= 0.6 is 11.8 Å². The van der Waals surface area contributed by atoms with E-state index in [-0.39, 0.29) is 10.4 Å². The van der Waals surface area contributed by atoms with Crippen molar-refractivity contribution in [3.63, 3.8) is 0 Å². The highest BCUT2D eigenvalue weighted by atomic mass is 32.2. The second kappa shape index (κ2) is 4.54. The van der Waals surface area contributed by atoms with Gasteiger partial charge in [0, 0.05) is 10.8 Å². The first-order valence-electron chi connectivity index (χ1n) is 4.71. The Hall–Kier alpha value is -1.54. The second-order valence-electron chi connectivity index (χ2n) is 4.24. The minimum atomic E-state index is -0.449. The van der Waals surface area contributed by atoms with E-state index >= 15 is 0 Å². The van der Waals surface area contributed by atoms with Crippen LogP contribution in [0.25, 0.3) is 0 Å². The Balaban J connectivity index is 3.32. The van der Waals surface area contributed by atoms with E-state index < -0.39 is 4.92 Å². The Labute approximate surface area is 98.4 Å². The highest BCUT2D eigenvalue weighted by molar-refractivity contribution is 8.00. The average molecular weight is 236 g/mol. The van der Waals surface area contributed by atoms with E-state index in [4.69, 9.17) is 5.26 Å². The van der Waals surface area contributed by atoms with Crippen molar-refractivity contribution in [2.75, 3.05) is 0 Å². The third-order valence-corrected chi connectivity index (χ3v) is 2.97. The maximum absolute atomic E-state index is 10.9. The Morgan fingerprint density at radius 1 is 1.44 bits per heavy atom. The Bertz CT molecular complexity index is 458. The highest BCUT2D eigenvalue weighted by Crippen LogP contribution is 2.39. The second-order valence-corrected chi connectivity index (χ2v) is 6.07. The predicted molar refractivity (Wildman–Crippen MR) is 63.4 cm³/mol. The molecule has 84 valence electrons. The number of rotatable bonds is 2. The molecule has 0 heterocycles. The molecular formula is C11H12N2O2S. The lowest BCUT2D eigenvalue weighted by Gasteiger charge is -2.17. The summed E-state index contributed by atoms with van der Waals surface area (Å²) in [7, 11) is 0. The normalized spacial score (nSPS) is 10.9. The van der Waals surface area contributed by atoms with E-state index in [1.54, 1.807) is 6.07 Å². The van der Waals surface area contributed by atoms with Crippen molar-refractivity contribution < 1.29 is 4.92 Å². The fourth-order valence-electron chi connectivity index (χ4n) is 1.17. The van der Waals surface area contributed by atoms with Gasteiger partial charge in [0.1, 0.15) is 11.0 Å². The van der Waals surface area contributed by atoms with Gasteiger partial charge in [0.15, 0.2) is 0 Å². The molecule has 1 rings (SSSR count). The summed E-state index contributed by atoms with van der Waals surface area (Å²) in [5.74, 6) is 0. The van der Waals surface area contributed by atoms with Crippen LogP contribution in [0, 0.1) is 21.4 Å². The molecule has 0 aromatic heterocycles. The van der Waals surface area contributed by atoms with Gasteiger partial charge in [0.2, 0.25) is 0 Å². The molecule has 0 spiro atoms. The molecule has 0 radical (unpaired) electrons. The molecule has 0 fully saturated rings. The van der Waals surface area contributed by atoms with Crippen LogP contribution < -0.4 is 0 Å². The number of nitro benzene ring substituents is 1. The molecule has 0 aliphatic heterocycles. The lowest BCUT2D eigenvalue weighted by Crippen LogP contribution is -2.08. The Morgan fingerprint density at radius 2 is 2.06 bits per heavy atom. The van der Waals surface area contributed by atoms with E-state index in [2.05, 4.69) is 0 Å². The number of hydrogen-bond acceptors (Lipinski definition) is 4. The van der Waals surface area contributed by atoms with Crippen LogP contribution in [0.3, 0.4) is 0 Å². The van der Waals surface area contributed by atoms with Gasteiger partial charge in [-0.25, -0.2) is 0 Å². The fourth-order valence-corrected chi connectivity index (χ4v) is 2.25. The largest absolute Gasteiger partial charge is 0.284 e. The van der Waals surface area contributed by atoms with Gasteiger partial charge in [0.25, 0.3) is 5.69 Å². The minimum Gasteiger partial charge on any atom is -0.258 e. The van der Waals surface area contributed by atoms with Gasteiger partial charge in [-0.2, -0.15) is 5.26 Å². The van der Waals surface area contributed by atoms with Crippen molar-refractivity contribution >= 4 is 17.4 Å². The summed E-state index contributed by atoms with van der Waals surface area (Å²) < 4.78 is -0.169. The number of nitrogens with zero attached hydrogens (tertiary/aromatic N) is 2. The molecule has 0 saturated heterocycles. The minimum absolute atomic E-state index is 0.000949. The molecule has 0 N–H and O–H groups in total. The van der Waals surface area contributed by atoms with Crippen LogP contribution in [0.4, 0.5) is 5.69 Å². The van der Waals surface area contributed by atoms with E-state index in [0.717, 1.165) is 0 Å². The molecule has 1 aromatic carbocycles. The van der Waals surface area contributed by atoms with Crippen molar-refractivity contribution in [2.45, 2.75) is 30.4 Å². The summed E-state index contributed by atoms with van der Waals surface area (Å²) in [6.45, 7) is 5.86. The zero-order valence-electron chi connectivity index (χ0n) is 9.35. The van der Waals surface area contributed by atoms with Crippen LogP contribution in [0.15, 0.2) is 23.1 Å². The van der Waals surface area contributed by atoms with Crippen molar-refractivity contribution in [1.29, 1.82) is 5.26 Å². The molecule has 16 heavy (non-hydrogen) atoms. The topological polar surface area (TPSA) is 66.9 Å². The molecule has 0 aliphatic rings. The van der Waals surface area contributed by atoms with Gasteiger partial charge in [-0.05, 0) is 6.07 Å². The monoisotopic (exact) mass is 236 g/mol. The van der Waals surface area contributed by atoms with Crippen molar-refractivity contribution in [2.24, 2.45) is 0 Å². The first-order valence-corrected chi connectivity index (χ1v) is 5.53. The van der Waals surface area contributed by atoms with Gasteiger partial charge in [0.05, 0.1) is 10.5 Å². The summed E-state index contributed by atoms with van der Waals surface area (Å²) in [6, 6.07) is 6.54. The van der Waals surface area contributed by atoms with Gasteiger partial charge in [-0.3, -0.25) is 10.1 Å². The third-order valence-electron chi connectivity index (χ3n) is 1.72. The smallest absolute Gasteiger partial charge is 0.258 e. The SMILES string of the molecule is CC(C)(C)Sc1c(C#N)cccc1[N+](=O)[O-]. The molecule has 0 saturated carbocycles. The molecule has 0 bridgehead atoms. The summed E-state index contributed by atoms with van der Waals surface area (Å²) in [6.07, 6.45) is 0. The van der Waals surface area contributed by atoms with E-state index in [0.29, 0.717) is 10.5 Å². The molecule has 0 atom stereocenters. The zero-order valence-corrected chi connectivity index (χ0v) is 10.2. The summed E-state index contributed by atoms with van der Waals surface area (Å²) in [5, 5.41) is 19.8. The summed E-state index contributed by atoms with van der Waals surface area (Å²) in [5.41, 5.74) is 0.355. The van der Waals surface area contributed by atoms with Crippen LogP contribution in [0.2, 0.25) is 0 Å². The Kier molecular flexibility index (Phi) is 3.55. The van der Waals surface area contributed by atoms with Crippen molar-refractivity contribution in [3.8, 4) is 6.07 Å². The molecule has 4 nitrogen and oxygen atoms in total. The standard InChI is InChI=1S/C11H12N2O2S/c1-11(2,3)16-10-8(7-12)5-4-6-9(10)13(14)15/h4-6H,1-3H3. The van der Waals surface area contributed by atoms with Crippen molar-refractivity contribution in [3.05, 3.63) is 33.9 Å².